The van der Waals surface area contributed by atoms with Crippen molar-refractivity contribution >= 4 is 0 Å². The van der Waals surface area contributed by atoms with Crippen molar-refractivity contribution < 1.29 is 14.6 Å². The molecule has 1 atom stereocenters. The quantitative estimate of drug-likeness (QED) is 0.870. The maximum atomic E-state index is 10.3. The molecule has 0 aliphatic carbocycles. The van der Waals surface area contributed by atoms with Crippen molar-refractivity contribution in [1.29, 1.82) is 0 Å². The summed E-state index contributed by atoms with van der Waals surface area (Å²) in [6.07, 6.45) is -0.971. The van der Waals surface area contributed by atoms with Crippen LogP contribution in [0.2, 0.25) is 0 Å². The molecule has 3 nitrogen and oxygen atoms in total. The smallest absolute Gasteiger partial charge is 0.147 e. The minimum absolute atomic E-state index is 0.543. The normalized spacial score (nSPS) is 11.2. The first-order chi connectivity index (χ1) is 9.76. The Kier molecular flexibility index (Phi) is 4.65. The van der Waals surface area contributed by atoms with E-state index in [2.05, 4.69) is 11.8 Å². The molecule has 0 spiro atoms. The molecule has 0 heterocycles. The van der Waals surface area contributed by atoms with Crippen molar-refractivity contribution in [1.82, 2.24) is 0 Å². The van der Waals surface area contributed by atoms with Crippen LogP contribution in [-0.2, 0) is 0 Å². The van der Waals surface area contributed by atoms with Gasteiger partial charge in [-0.15, -0.1) is 0 Å². The molecule has 0 aromatic heterocycles. The van der Waals surface area contributed by atoms with Crippen LogP contribution in [0.1, 0.15) is 17.2 Å². The van der Waals surface area contributed by atoms with Crippen molar-refractivity contribution in [2.75, 3.05) is 14.2 Å². The van der Waals surface area contributed by atoms with Gasteiger partial charge < -0.3 is 14.6 Å². The van der Waals surface area contributed by atoms with E-state index in [4.69, 9.17) is 9.47 Å². The number of hydrogen-bond acceptors (Lipinski definition) is 3. The van der Waals surface area contributed by atoms with Gasteiger partial charge in [-0.25, -0.2) is 0 Å². The van der Waals surface area contributed by atoms with Gasteiger partial charge in [-0.3, -0.25) is 0 Å². The third kappa shape index (κ3) is 3.11. The van der Waals surface area contributed by atoms with Crippen LogP contribution in [0, 0.1) is 11.8 Å². The van der Waals surface area contributed by atoms with E-state index in [9.17, 15) is 5.11 Å². The molecular weight excluding hydrogens is 252 g/mol. The number of aliphatic hydroxyl groups excluding tert-OH is 1. The zero-order chi connectivity index (χ0) is 14.4. The lowest BCUT2D eigenvalue weighted by Gasteiger charge is -2.14. The average Bonchev–Trinajstić information content (AvgIpc) is 2.52. The van der Waals surface area contributed by atoms with Gasteiger partial charge in [0.05, 0.1) is 19.8 Å². The Morgan fingerprint density at radius 1 is 0.900 bits per heavy atom. The van der Waals surface area contributed by atoms with Crippen LogP contribution in [0.4, 0.5) is 0 Å². The number of methoxy groups -OCH3 is 2. The van der Waals surface area contributed by atoms with Crippen molar-refractivity contribution in [3.63, 3.8) is 0 Å². The summed E-state index contributed by atoms with van der Waals surface area (Å²) in [5.74, 6) is 6.85. The van der Waals surface area contributed by atoms with Gasteiger partial charge in [0.25, 0.3) is 0 Å². The molecule has 20 heavy (non-hydrogen) atoms. The van der Waals surface area contributed by atoms with Crippen LogP contribution in [0.25, 0.3) is 0 Å². The van der Waals surface area contributed by atoms with E-state index in [1.165, 1.54) is 0 Å². The molecule has 0 radical (unpaired) electrons. The summed E-state index contributed by atoms with van der Waals surface area (Å²) < 4.78 is 10.5. The summed E-state index contributed by atoms with van der Waals surface area (Å²) in [6.45, 7) is 0. The molecule has 0 aliphatic rings. The summed E-state index contributed by atoms with van der Waals surface area (Å²) >= 11 is 0. The van der Waals surface area contributed by atoms with E-state index >= 15 is 0 Å². The number of hydrogen-bond donors (Lipinski definition) is 1. The summed E-state index contributed by atoms with van der Waals surface area (Å²) in [5.41, 5.74) is 1.39. The molecule has 1 N–H and O–H groups in total. The number of ether oxygens (including phenoxy) is 2. The minimum atomic E-state index is -0.971. The fourth-order valence-corrected chi connectivity index (χ4v) is 1.89. The maximum Gasteiger partial charge on any atom is 0.147 e. The molecular formula is C17H16O3. The first-order valence-electron chi connectivity index (χ1n) is 6.21. The highest BCUT2D eigenvalue weighted by molar-refractivity contribution is 5.49. The average molecular weight is 268 g/mol. The van der Waals surface area contributed by atoms with E-state index in [1.807, 2.05) is 30.3 Å². The van der Waals surface area contributed by atoms with E-state index in [-0.39, 0.29) is 0 Å². The standard InChI is InChI=1S/C17H16O3/c1-19-15-9-6-10-16(20-2)17(15)14(18)12-11-13-7-4-3-5-8-13/h3-10,14,18H,1-2H3/t14-/m0/s1. The predicted molar refractivity (Wildman–Crippen MR) is 77.8 cm³/mol. The van der Waals surface area contributed by atoms with Gasteiger partial charge in [0.1, 0.15) is 17.6 Å². The second-order valence-corrected chi connectivity index (χ2v) is 4.11. The molecule has 0 unspecified atom stereocenters. The lowest BCUT2D eigenvalue weighted by Crippen LogP contribution is -2.01. The molecule has 0 saturated heterocycles. The minimum Gasteiger partial charge on any atom is -0.496 e. The van der Waals surface area contributed by atoms with Crippen molar-refractivity contribution in [2.45, 2.75) is 6.10 Å². The third-order valence-corrected chi connectivity index (χ3v) is 2.87. The van der Waals surface area contributed by atoms with Crippen LogP contribution >= 0.6 is 0 Å². The molecule has 0 aliphatic heterocycles. The highest BCUT2D eigenvalue weighted by atomic mass is 16.5. The fourth-order valence-electron chi connectivity index (χ4n) is 1.89. The van der Waals surface area contributed by atoms with E-state index < -0.39 is 6.10 Å². The number of rotatable bonds is 3. The molecule has 2 aromatic rings. The molecule has 2 aromatic carbocycles. The summed E-state index contributed by atoms with van der Waals surface area (Å²) in [5, 5.41) is 10.3. The molecule has 0 fully saturated rings. The molecule has 2 rings (SSSR count). The first-order valence-corrected chi connectivity index (χ1v) is 6.21. The highest BCUT2D eigenvalue weighted by Gasteiger charge is 2.16. The monoisotopic (exact) mass is 268 g/mol. The Labute approximate surface area is 118 Å². The Morgan fingerprint density at radius 3 is 2.05 bits per heavy atom. The first kappa shape index (κ1) is 14.0. The fraction of sp³-hybridized carbons (Fsp3) is 0.176. The molecule has 3 heteroatoms. The van der Waals surface area contributed by atoms with Crippen molar-refractivity contribution in [3.05, 3.63) is 59.7 Å². The van der Waals surface area contributed by atoms with Gasteiger partial charge >= 0.3 is 0 Å². The van der Waals surface area contributed by atoms with Gasteiger partial charge in [0.2, 0.25) is 0 Å². The van der Waals surface area contributed by atoms with Crippen molar-refractivity contribution in [3.8, 4) is 23.3 Å². The molecule has 0 bridgehead atoms. The van der Waals surface area contributed by atoms with Crippen LogP contribution in [-0.4, -0.2) is 19.3 Å². The van der Waals surface area contributed by atoms with E-state index in [0.717, 1.165) is 5.56 Å². The Morgan fingerprint density at radius 2 is 1.50 bits per heavy atom. The second kappa shape index (κ2) is 6.65. The van der Waals surface area contributed by atoms with Crippen molar-refractivity contribution in [2.24, 2.45) is 0 Å². The van der Waals surface area contributed by atoms with Gasteiger partial charge in [0.15, 0.2) is 0 Å². The van der Waals surface area contributed by atoms with E-state index in [1.54, 1.807) is 32.4 Å². The number of benzene rings is 2. The number of aliphatic hydroxyl groups is 1. The maximum absolute atomic E-state index is 10.3. The van der Waals surface area contributed by atoms with Gasteiger partial charge in [-0.2, -0.15) is 0 Å². The zero-order valence-electron chi connectivity index (χ0n) is 11.5. The van der Waals surface area contributed by atoms with E-state index in [0.29, 0.717) is 17.1 Å². The lowest BCUT2D eigenvalue weighted by molar-refractivity contribution is 0.225. The topological polar surface area (TPSA) is 38.7 Å². The van der Waals surface area contributed by atoms with Crippen LogP contribution in [0.15, 0.2) is 48.5 Å². The third-order valence-electron chi connectivity index (χ3n) is 2.87. The summed E-state index contributed by atoms with van der Waals surface area (Å²) in [4.78, 5) is 0. The molecule has 102 valence electrons. The van der Waals surface area contributed by atoms with Gasteiger partial charge in [-0.05, 0) is 24.3 Å². The highest BCUT2D eigenvalue weighted by Crippen LogP contribution is 2.33. The van der Waals surface area contributed by atoms with Gasteiger partial charge in [0, 0.05) is 5.56 Å². The lowest BCUT2D eigenvalue weighted by atomic mass is 10.1. The Balaban J connectivity index is 2.34. The van der Waals surface area contributed by atoms with Crippen LogP contribution < -0.4 is 9.47 Å². The zero-order valence-corrected chi connectivity index (χ0v) is 11.5. The summed E-state index contributed by atoms with van der Waals surface area (Å²) in [6, 6.07) is 14.8. The largest absolute Gasteiger partial charge is 0.496 e. The second-order valence-electron chi connectivity index (χ2n) is 4.11. The van der Waals surface area contributed by atoms with Crippen LogP contribution in [0.5, 0.6) is 11.5 Å². The summed E-state index contributed by atoms with van der Waals surface area (Å²) in [7, 11) is 3.10. The van der Waals surface area contributed by atoms with Crippen LogP contribution in [0.3, 0.4) is 0 Å². The SMILES string of the molecule is COc1cccc(OC)c1[C@@H](O)C#Cc1ccccc1. The molecule has 0 saturated carbocycles. The Bertz CT molecular complexity index is 601. The Hall–Kier alpha value is -2.44. The predicted octanol–water partition coefficient (Wildman–Crippen LogP) is 2.79. The van der Waals surface area contributed by atoms with Gasteiger partial charge in [-0.1, -0.05) is 36.1 Å². The molecule has 0 amide bonds.